The first-order valence-corrected chi connectivity index (χ1v) is 12.0. The number of nitrogens with zero attached hydrogens (tertiary/aromatic N) is 4. The maximum Gasteiger partial charge on any atom is 0.333 e. The van der Waals surface area contributed by atoms with Crippen molar-refractivity contribution in [3.8, 4) is 5.69 Å². The molecule has 3 aromatic heterocycles. The lowest BCUT2D eigenvalue weighted by Gasteiger charge is -2.29. The largest absolute Gasteiger partial charge is 0.349 e. The molecule has 5 rings (SSSR count). The number of imidazole rings is 1. The molecule has 1 aliphatic rings. The van der Waals surface area contributed by atoms with Crippen LogP contribution in [-0.2, 0) is 6.54 Å². The number of aromatic nitrogens is 4. The van der Waals surface area contributed by atoms with Gasteiger partial charge in [-0.15, -0.1) is 0 Å². The summed E-state index contributed by atoms with van der Waals surface area (Å²) in [6.45, 7) is 2.37. The highest BCUT2D eigenvalue weighted by atomic mass is 35.5. The Balaban J connectivity index is 1.30. The number of fused-ring (bicyclic) bond motifs is 1. The first-order chi connectivity index (χ1) is 16.9. The zero-order valence-corrected chi connectivity index (χ0v) is 20.0. The van der Waals surface area contributed by atoms with Crippen LogP contribution in [0.1, 0.15) is 41.7 Å². The Bertz CT molecular complexity index is 1440. The number of carbonyl (C=O) groups is 1. The molecule has 0 bridgehead atoms. The first kappa shape index (κ1) is 23.2. The third kappa shape index (κ3) is 4.71. The fraction of sp³-hybridized carbons (Fsp3) is 0.308. The van der Waals surface area contributed by atoms with Crippen LogP contribution in [-0.4, -0.2) is 31.1 Å². The van der Waals surface area contributed by atoms with Crippen LogP contribution in [0.4, 0.5) is 4.39 Å². The maximum atomic E-state index is 13.4. The second-order valence-electron chi connectivity index (χ2n) is 9.03. The van der Waals surface area contributed by atoms with Crippen LogP contribution in [0.5, 0.6) is 0 Å². The summed E-state index contributed by atoms with van der Waals surface area (Å²) in [5.74, 6) is -0.439. The highest BCUT2D eigenvalue weighted by Gasteiger charge is 2.25. The number of benzene rings is 1. The SMILES string of the molecule is Cc1ncc(Cl)cc1C(=O)NC1CCC(Cn2c(=O)n(-c3ccc(F)nc3)c3ccccc32)CC1. The van der Waals surface area contributed by atoms with E-state index in [-0.39, 0.29) is 17.6 Å². The molecule has 0 radical (unpaired) electrons. The minimum atomic E-state index is -0.587. The molecule has 0 unspecified atom stereocenters. The molecule has 7 nitrogen and oxygen atoms in total. The summed E-state index contributed by atoms with van der Waals surface area (Å²) in [5.41, 5.74) is 3.10. The Morgan fingerprint density at radius 3 is 2.54 bits per heavy atom. The van der Waals surface area contributed by atoms with Gasteiger partial charge < -0.3 is 5.32 Å². The van der Waals surface area contributed by atoms with E-state index in [1.165, 1.54) is 18.5 Å². The molecular formula is C26H25ClFN5O2. The quantitative estimate of drug-likeness (QED) is 0.409. The molecule has 1 N–H and O–H groups in total. The van der Waals surface area contributed by atoms with Gasteiger partial charge >= 0.3 is 5.69 Å². The standard InChI is InChI=1S/C26H25ClFN5O2/c1-16-21(12-18(27)13-29-16)25(34)31-19-8-6-17(7-9-19)15-32-22-4-2-3-5-23(22)33(26(32)35)20-10-11-24(28)30-14-20/h2-5,10-14,17,19H,6-9,15H2,1H3,(H,31,34). The Hall–Kier alpha value is -3.52. The normalized spacial score (nSPS) is 18.0. The summed E-state index contributed by atoms with van der Waals surface area (Å²) in [5, 5.41) is 3.55. The molecule has 1 amide bonds. The van der Waals surface area contributed by atoms with Gasteiger partial charge in [0.1, 0.15) is 0 Å². The van der Waals surface area contributed by atoms with Gasteiger partial charge in [-0.05, 0) is 68.9 Å². The molecule has 9 heteroatoms. The van der Waals surface area contributed by atoms with Crippen molar-refractivity contribution in [1.29, 1.82) is 0 Å². The van der Waals surface area contributed by atoms with E-state index in [1.54, 1.807) is 28.2 Å². The molecule has 4 aromatic rings. The number of pyridine rings is 2. The second kappa shape index (κ2) is 9.62. The van der Waals surface area contributed by atoms with E-state index in [1.807, 2.05) is 24.3 Å². The Kier molecular flexibility index (Phi) is 6.38. The fourth-order valence-corrected chi connectivity index (χ4v) is 5.04. The van der Waals surface area contributed by atoms with Crippen LogP contribution in [0.25, 0.3) is 16.7 Å². The summed E-state index contributed by atoms with van der Waals surface area (Å²) >= 11 is 6.01. The molecule has 1 saturated carbocycles. The van der Waals surface area contributed by atoms with Gasteiger partial charge in [-0.2, -0.15) is 4.39 Å². The maximum absolute atomic E-state index is 13.4. The van der Waals surface area contributed by atoms with Gasteiger partial charge in [0.05, 0.1) is 39.2 Å². The number of rotatable bonds is 5. The Morgan fingerprint density at radius 2 is 1.83 bits per heavy atom. The van der Waals surface area contributed by atoms with Crippen molar-refractivity contribution in [3.63, 3.8) is 0 Å². The van der Waals surface area contributed by atoms with Crippen LogP contribution in [0.3, 0.4) is 0 Å². The van der Waals surface area contributed by atoms with Crippen LogP contribution >= 0.6 is 11.6 Å². The number of amides is 1. The van der Waals surface area contributed by atoms with Crippen molar-refractivity contribution in [1.82, 2.24) is 24.4 Å². The van der Waals surface area contributed by atoms with Crippen LogP contribution < -0.4 is 11.0 Å². The highest BCUT2D eigenvalue weighted by molar-refractivity contribution is 6.30. The van der Waals surface area contributed by atoms with Gasteiger partial charge in [-0.1, -0.05) is 23.7 Å². The minimum absolute atomic E-state index is 0.0699. The van der Waals surface area contributed by atoms with Crippen LogP contribution in [0.15, 0.2) is 59.7 Å². The van der Waals surface area contributed by atoms with Gasteiger partial charge in [0.15, 0.2) is 0 Å². The van der Waals surface area contributed by atoms with Gasteiger partial charge in [0, 0.05) is 18.8 Å². The number of carbonyl (C=O) groups excluding carboxylic acids is 1. The zero-order valence-electron chi connectivity index (χ0n) is 19.2. The van der Waals surface area contributed by atoms with Crippen molar-refractivity contribution in [2.75, 3.05) is 0 Å². The van der Waals surface area contributed by atoms with E-state index in [4.69, 9.17) is 11.6 Å². The molecule has 1 aromatic carbocycles. The van der Waals surface area contributed by atoms with Gasteiger partial charge in [-0.25, -0.2) is 9.78 Å². The molecule has 0 atom stereocenters. The van der Waals surface area contributed by atoms with E-state index in [0.717, 1.165) is 36.7 Å². The molecule has 180 valence electrons. The van der Waals surface area contributed by atoms with Gasteiger partial charge in [0.25, 0.3) is 5.91 Å². The highest BCUT2D eigenvalue weighted by Crippen LogP contribution is 2.28. The lowest BCUT2D eigenvalue weighted by Crippen LogP contribution is -2.39. The smallest absolute Gasteiger partial charge is 0.333 e. The van der Waals surface area contributed by atoms with E-state index < -0.39 is 5.95 Å². The van der Waals surface area contributed by atoms with E-state index in [0.29, 0.717) is 34.4 Å². The monoisotopic (exact) mass is 493 g/mol. The number of hydrogen-bond donors (Lipinski definition) is 1. The Labute approximate surface area is 206 Å². The van der Waals surface area contributed by atoms with E-state index >= 15 is 0 Å². The summed E-state index contributed by atoms with van der Waals surface area (Å²) in [6.07, 6.45) is 6.35. The van der Waals surface area contributed by atoms with Crippen molar-refractivity contribution in [2.45, 2.75) is 45.2 Å². The van der Waals surface area contributed by atoms with E-state index in [2.05, 4.69) is 15.3 Å². The number of halogens is 2. The number of nitrogens with one attached hydrogen (secondary N) is 1. The van der Waals surface area contributed by atoms with Crippen molar-refractivity contribution < 1.29 is 9.18 Å². The molecule has 3 heterocycles. The third-order valence-corrected chi connectivity index (χ3v) is 6.93. The van der Waals surface area contributed by atoms with Gasteiger partial charge in [-0.3, -0.25) is 18.9 Å². The molecule has 0 saturated heterocycles. The molecule has 0 aliphatic heterocycles. The number of hydrogen-bond acceptors (Lipinski definition) is 4. The average molecular weight is 494 g/mol. The van der Waals surface area contributed by atoms with Crippen molar-refractivity contribution in [3.05, 3.63) is 87.6 Å². The average Bonchev–Trinajstić information content (AvgIpc) is 3.13. The molecular weight excluding hydrogens is 469 g/mol. The molecule has 35 heavy (non-hydrogen) atoms. The minimum Gasteiger partial charge on any atom is -0.349 e. The van der Waals surface area contributed by atoms with E-state index in [9.17, 15) is 14.0 Å². The van der Waals surface area contributed by atoms with Crippen molar-refractivity contribution in [2.24, 2.45) is 5.92 Å². The topological polar surface area (TPSA) is 81.8 Å². The second-order valence-corrected chi connectivity index (χ2v) is 9.47. The predicted octanol–water partition coefficient (Wildman–Crippen LogP) is 4.67. The lowest BCUT2D eigenvalue weighted by atomic mass is 9.85. The third-order valence-electron chi connectivity index (χ3n) is 6.73. The summed E-state index contributed by atoms with van der Waals surface area (Å²) in [7, 11) is 0. The lowest BCUT2D eigenvalue weighted by molar-refractivity contribution is 0.0919. The van der Waals surface area contributed by atoms with Crippen molar-refractivity contribution >= 4 is 28.5 Å². The summed E-state index contributed by atoms with van der Waals surface area (Å²) in [6, 6.07) is 12.1. The predicted molar refractivity (Wildman–Crippen MR) is 132 cm³/mol. The van der Waals surface area contributed by atoms with Crippen LogP contribution in [0.2, 0.25) is 5.02 Å². The molecule has 1 fully saturated rings. The number of para-hydroxylation sites is 2. The summed E-state index contributed by atoms with van der Waals surface area (Å²) in [4.78, 5) is 34.0. The van der Waals surface area contributed by atoms with Gasteiger partial charge in [0.2, 0.25) is 5.95 Å². The number of aryl methyl sites for hydroxylation is 1. The fourth-order valence-electron chi connectivity index (χ4n) is 4.88. The summed E-state index contributed by atoms with van der Waals surface area (Å²) < 4.78 is 16.7. The zero-order chi connectivity index (χ0) is 24.5. The molecule has 0 spiro atoms. The molecule has 1 aliphatic carbocycles. The Morgan fingerprint density at radius 1 is 1.09 bits per heavy atom. The van der Waals surface area contributed by atoms with Crippen LogP contribution in [0, 0.1) is 18.8 Å². The first-order valence-electron chi connectivity index (χ1n) is 11.7.